The molecule has 0 fully saturated rings. The summed E-state index contributed by atoms with van der Waals surface area (Å²) in [7, 11) is 0. The van der Waals surface area contributed by atoms with E-state index in [-0.39, 0.29) is 5.57 Å². The van der Waals surface area contributed by atoms with Gasteiger partial charge < -0.3 is 10.1 Å². The average molecular weight is 426 g/mol. The molecule has 0 radical (unpaired) electrons. The summed E-state index contributed by atoms with van der Waals surface area (Å²) >= 11 is 0. The number of anilines is 1. The van der Waals surface area contributed by atoms with Crippen LogP contribution >= 0.6 is 0 Å². The highest BCUT2D eigenvalue weighted by atomic mass is 16.5. The van der Waals surface area contributed by atoms with E-state index in [4.69, 9.17) is 4.74 Å². The molecule has 0 spiro atoms. The Bertz CT molecular complexity index is 1180. The molecule has 0 aliphatic heterocycles. The third-order valence-electron chi connectivity index (χ3n) is 5.16. The van der Waals surface area contributed by atoms with Crippen molar-refractivity contribution < 1.29 is 9.53 Å². The number of pyridine rings is 1. The molecule has 0 aliphatic carbocycles. The molecular formula is C27H27N3O2. The quantitative estimate of drug-likeness (QED) is 0.403. The number of nitrogens with zero attached hydrogens (tertiary/aromatic N) is 2. The number of hydrogen-bond acceptors (Lipinski definition) is 4. The van der Waals surface area contributed by atoms with E-state index >= 15 is 0 Å². The van der Waals surface area contributed by atoms with Gasteiger partial charge >= 0.3 is 0 Å². The Hall–Kier alpha value is -3.91. The topological polar surface area (TPSA) is 75.0 Å². The minimum Gasteiger partial charge on any atom is -0.487 e. The zero-order valence-corrected chi connectivity index (χ0v) is 19.1. The van der Waals surface area contributed by atoms with Crippen LogP contribution in [0.5, 0.6) is 5.75 Å². The van der Waals surface area contributed by atoms with Crippen LogP contribution in [-0.2, 0) is 11.4 Å². The standard InChI is InChI=1S/C27H27N3O2/c1-17-10-18(2)25(19(3)11-17)30-27(31)23(15-28)14-22-12-20(4)26(21(5)13-22)32-16-24-8-6-7-9-29-24/h6-14H,16H2,1-5H3,(H,30,31)/b23-14+. The summed E-state index contributed by atoms with van der Waals surface area (Å²) in [6.07, 6.45) is 3.34. The lowest BCUT2D eigenvalue weighted by atomic mass is 10.0. The highest BCUT2D eigenvalue weighted by molar-refractivity contribution is 6.10. The molecule has 0 saturated heterocycles. The molecule has 0 atom stereocenters. The fourth-order valence-electron chi connectivity index (χ4n) is 3.80. The molecule has 1 aromatic heterocycles. The van der Waals surface area contributed by atoms with Gasteiger partial charge in [0, 0.05) is 11.9 Å². The molecule has 1 N–H and O–H groups in total. The van der Waals surface area contributed by atoms with Crippen LogP contribution in [0.1, 0.15) is 39.1 Å². The number of nitriles is 1. The van der Waals surface area contributed by atoms with Crippen LogP contribution in [0.4, 0.5) is 5.69 Å². The Morgan fingerprint density at radius 2 is 1.69 bits per heavy atom. The van der Waals surface area contributed by atoms with Gasteiger partial charge in [0.15, 0.2) is 0 Å². The van der Waals surface area contributed by atoms with E-state index < -0.39 is 5.91 Å². The fourth-order valence-corrected chi connectivity index (χ4v) is 3.80. The second-order valence-corrected chi connectivity index (χ2v) is 7.99. The normalized spacial score (nSPS) is 11.1. The van der Waals surface area contributed by atoms with Crippen molar-refractivity contribution in [3.8, 4) is 11.8 Å². The summed E-state index contributed by atoms with van der Waals surface area (Å²) in [5.41, 5.74) is 7.33. The highest BCUT2D eigenvalue weighted by Crippen LogP contribution is 2.27. The van der Waals surface area contributed by atoms with Crippen LogP contribution in [0, 0.1) is 45.9 Å². The predicted octanol–water partition coefficient (Wildman–Crippen LogP) is 5.75. The van der Waals surface area contributed by atoms with Crippen LogP contribution in [0.25, 0.3) is 6.08 Å². The summed E-state index contributed by atoms with van der Waals surface area (Å²) in [6, 6.07) is 15.6. The molecule has 5 heteroatoms. The van der Waals surface area contributed by atoms with Gasteiger partial charge in [0.2, 0.25) is 0 Å². The first-order chi connectivity index (χ1) is 15.3. The van der Waals surface area contributed by atoms with Crippen LogP contribution < -0.4 is 10.1 Å². The second-order valence-electron chi connectivity index (χ2n) is 7.99. The van der Waals surface area contributed by atoms with Gasteiger partial charge in [-0.05, 0) is 92.8 Å². The maximum Gasteiger partial charge on any atom is 0.266 e. The second kappa shape index (κ2) is 9.93. The number of carbonyl (C=O) groups excluding carboxylic acids is 1. The van der Waals surface area contributed by atoms with Gasteiger partial charge in [-0.2, -0.15) is 5.26 Å². The van der Waals surface area contributed by atoms with Crippen molar-refractivity contribution in [2.24, 2.45) is 0 Å². The van der Waals surface area contributed by atoms with Crippen LogP contribution in [0.15, 0.2) is 54.2 Å². The summed E-state index contributed by atoms with van der Waals surface area (Å²) in [5, 5.41) is 12.5. The number of benzene rings is 2. The zero-order chi connectivity index (χ0) is 23.3. The smallest absolute Gasteiger partial charge is 0.266 e. The number of nitrogens with one attached hydrogen (secondary N) is 1. The largest absolute Gasteiger partial charge is 0.487 e. The summed E-state index contributed by atoms with van der Waals surface area (Å²) in [5.74, 6) is 0.356. The number of amides is 1. The summed E-state index contributed by atoms with van der Waals surface area (Å²) < 4.78 is 5.97. The Morgan fingerprint density at radius 3 is 2.25 bits per heavy atom. The van der Waals surface area contributed by atoms with Crippen molar-refractivity contribution in [1.29, 1.82) is 5.26 Å². The Balaban J connectivity index is 1.81. The number of hydrogen-bond donors (Lipinski definition) is 1. The van der Waals surface area contributed by atoms with Gasteiger partial charge in [-0.1, -0.05) is 23.8 Å². The lowest BCUT2D eigenvalue weighted by Crippen LogP contribution is -2.15. The Kier molecular flexibility index (Phi) is 7.07. The monoisotopic (exact) mass is 425 g/mol. The minimum absolute atomic E-state index is 0.0466. The lowest BCUT2D eigenvalue weighted by Gasteiger charge is -2.14. The third-order valence-corrected chi connectivity index (χ3v) is 5.16. The van der Waals surface area contributed by atoms with Crippen LogP contribution in [0.3, 0.4) is 0 Å². The maximum atomic E-state index is 12.8. The number of ether oxygens (including phenoxy) is 1. The SMILES string of the molecule is Cc1cc(C)c(NC(=O)/C(C#N)=C/c2cc(C)c(OCc3ccccn3)c(C)c2)c(C)c1. The Labute approximate surface area is 189 Å². The van der Waals surface area contributed by atoms with Crippen LogP contribution in [0.2, 0.25) is 0 Å². The summed E-state index contributed by atoms with van der Waals surface area (Å²) in [4.78, 5) is 17.1. The number of rotatable bonds is 6. The number of aryl methyl sites for hydroxylation is 5. The van der Waals surface area contributed by atoms with E-state index in [0.717, 1.165) is 50.5 Å². The average Bonchev–Trinajstić information content (AvgIpc) is 2.74. The van der Waals surface area contributed by atoms with E-state index in [1.807, 2.05) is 83.2 Å². The molecule has 32 heavy (non-hydrogen) atoms. The predicted molar refractivity (Wildman–Crippen MR) is 127 cm³/mol. The van der Waals surface area contributed by atoms with Gasteiger partial charge in [0.05, 0.1) is 5.69 Å². The van der Waals surface area contributed by atoms with E-state index in [1.165, 1.54) is 0 Å². The molecule has 3 aromatic rings. The van der Waals surface area contributed by atoms with E-state index in [0.29, 0.717) is 6.61 Å². The van der Waals surface area contributed by atoms with Crippen molar-refractivity contribution in [2.75, 3.05) is 5.32 Å². The van der Waals surface area contributed by atoms with E-state index in [9.17, 15) is 10.1 Å². The fraction of sp³-hybridized carbons (Fsp3) is 0.222. The first-order valence-electron chi connectivity index (χ1n) is 10.4. The van der Waals surface area contributed by atoms with Gasteiger partial charge in [-0.25, -0.2) is 0 Å². The van der Waals surface area contributed by atoms with E-state index in [2.05, 4.69) is 10.3 Å². The molecule has 5 nitrogen and oxygen atoms in total. The van der Waals surface area contributed by atoms with Crippen molar-refractivity contribution in [3.05, 3.63) is 93.3 Å². The number of carbonyl (C=O) groups is 1. The molecule has 2 aromatic carbocycles. The van der Waals surface area contributed by atoms with Crippen molar-refractivity contribution in [1.82, 2.24) is 4.98 Å². The van der Waals surface area contributed by atoms with Gasteiger partial charge in [-0.15, -0.1) is 0 Å². The molecule has 0 aliphatic rings. The zero-order valence-electron chi connectivity index (χ0n) is 19.1. The van der Waals surface area contributed by atoms with Crippen molar-refractivity contribution >= 4 is 17.7 Å². The van der Waals surface area contributed by atoms with Crippen LogP contribution in [-0.4, -0.2) is 10.9 Å². The van der Waals surface area contributed by atoms with E-state index in [1.54, 1.807) is 12.3 Å². The van der Waals surface area contributed by atoms with Gasteiger partial charge in [-0.3, -0.25) is 9.78 Å². The van der Waals surface area contributed by atoms with Crippen molar-refractivity contribution in [2.45, 2.75) is 41.2 Å². The molecular weight excluding hydrogens is 398 g/mol. The molecule has 162 valence electrons. The third kappa shape index (κ3) is 5.41. The first kappa shape index (κ1) is 22.8. The molecule has 1 heterocycles. The molecule has 0 bridgehead atoms. The number of aromatic nitrogens is 1. The lowest BCUT2D eigenvalue weighted by molar-refractivity contribution is -0.112. The van der Waals surface area contributed by atoms with Gasteiger partial charge in [0.25, 0.3) is 5.91 Å². The molecule has 3 rings (SSSR count). The minimum atomic E-state index is -0.423. The van der Waals surface area contributed by atoms with Crippen molar-refractivity contribution in [3.63, 3.8) is 0 Å². The first-order valence-corrected chi connectivity index (χ1v) is 10.4. The Morgan fingerprint density at radius 1 is 1.03 bits per heavy atom. The summed E-state index contributed by atoms with van der Waals surface area (Å²) in [6.45, 7) is 10.2. The molecule has 0 unspecified atom stereocenters. The highest BCUT2D eigenvalue weighted by Gasteiger charge is 2.14. The molecule has 0 saturated carbocycles. The molecule has 1 amide bonds. The maximum absolute atomic E-state index is 12.8. The van der Waals surface area contributed by atoms with Gasteiger partial charge in [0.1, 0.15) is 24.0 Å².